The van der Waals surface area contributed by atoms with Gasteiger partial charge in [-0.3, -0.25) is 0 Å². The molecule has 4 nitrogen and oxygen atoms in total. The van der Waals surface area contributed by atoms with Crippen LogP contribution in [-0.4, -0.2) is 20.1 Å². The molecule has 0 aliphatic heterocycles. The van der Waals surface area contributed by atoms with E-state index in [9.17, 15) is 8.42 Å². The Balaban J connectivity index is 1.88. The van der Waals surface area contributed by atoms with Crippen LogP contribution in [0.3, 0.4) is 0 Å². The molecule has 0 aromatic carbocycles. The maximum absolute atomic E-state index is 11.9. The van der Waals surface area contributed by atoms with Crippen LogP contribution in [-0.2, 0) is 16.6 Å². The first-order chi connectivity index (χ1) is 8.12. The molecule has 1 saturated carbocycles. The summed E-state index contributed by atoms with van der Waals surface area (Å²) in [5.41, 5.74) is 0. The van der Waals surface area contributed by atoms with E-state index in [1.165, 1.54) is 36.7 Å². The number of aliphatic hydroxyl groups excluding tert-OH is 1. The third kappa shape index (κ3) is 3.28. The van der Waals surface area contributed by atoms with Crippen molar-refractivity contribution in [1.82, 2.24) is 4.72 Å². The molecule has 1 aliphatic rings. The summed E-state index contributed by atoms with van der Waals surface area (Å²) in [5, 5.41) is 10.5. The highest BCUT2D eigenvalue weighted by molar-refractivity contribution is 7.89. The van der Waals surface area contributed by atoms with Gasteiger partial charge in [0.25, 0.3) is 0 Å². The number of hydrogen-bond donors (Lipinski definition) is 2. The Morgan fingerprint density at radius 2 is 2.24 bits per heavy atom. The number of aliphatic hydroxyl groups is 1. The molecule has 96 valence electrons. The Kier molecular flexibility index (Phi) is 4.19. The summed E-state index contributed by atoms with van der Waals surface area (Å²) < 4.78 is 26.3. The lowest BCUT2D eigenvalue weighted by Gasteiger charge is -2.24. The predicted molar refractivity (Wildman–Crippen MR) is 67.4 cm³/mol. The van der Waals surface area contributed by atoms with Gasteiger partial charge in [-0.1, -0.05) is 19.3 Å². The molecule has 0 saturated heterocycles. The van der Waals surface area contributed by atoms with Crippen molar-refractivity contribution in [2.75, 3.05) is 6.54 Å². The minimum absolute atomic E-state index is 0.109. The molecule has 2 N–H and O–H groups in total. The van der Waals surface area contributed by atoms with E-state index >= 15 is 0 Å². The highest BCUT2D eigenvalue weighted by Crippen LogP contribution is 2.29. The van der Waals surface area contributed by atoms with Crippen LogP contribution in [0.25, 0.3) is 0 Å². The summed E-state index contributed by atoms with van der Waals surface area (Å²) in [6.45, 7) is 0.402. The van der Waals surface area contributed by atoms with Crippen LogP contribution < -0.4 is 4.72 Å². The first-order valence-corrected chi connectivity index (χ1v) is 8.16. The van der Waals surface area contributed by atoms with Gasteiger partial charge in [0.05, 0.1) is 11.5 Å². The van der Waals surface area contributed by atoms with Crippen molar-refractivity contribution in [2.45, 2.75) is 37.2 Å². The summed E-state index contributed by atoms with van der Waals surface area (Å²) >= 11 is 1.26. The molecule has 0 atom stereocenters. The predicted octanol–water partition coefficient (Wildman–Crippen LogP) is 1.71. The van der Waals surface area contributed by atoms with E-state index in [0.29, 0.717) is 17.3 Å². The molecule has 0 amide bonds. The fraction of sp³-hybridized carbons (Fsp3) is 0.636. The van der Waals surface area contributed by atoms with Gasteiger partial charge in [-0.15, -0.1) is 11.3 Å². The van der Waals surface area contributed by atoms with Crippen molar-refractivity contribution < 1.29 is 13.5 Å². The van der Waals surface area contributed by atoms with Crippen LogP contribution >= 0.6 is 11.3 Å². The lowest BCUT2D eigenvalue weighted by Crippen LogP contribution is -2.27. The Morgan fingerprint density at radius 3 is 2.76 bits per heavy atom. The van der Waals surface area contributed by atoms with Crippen LogP contribution in [0.5, 0.6) is 0 Å². The van der Waals surface area contributed by atoms with Crippen LogP contribution in [0.4, 0.5) is 0 Å². The van der Waals surface area contributed by atoms with Gasteiger partial charge in [0.2, 0.25) is 10.0 Å². The van der Waals surface area contributed by atoms with E-state index in [2.05, 4.69) is 4.72 Å². The van der Waals surface area contributed by atoms with E-state index in [4.69, 9.17) is 5.11 Å². The third-order valence-corrected chi connectivity index (χ3v) is 5.68. The van der Waals surface area contributed by atoms with E-state index in [1.54, 1.807) is 5.38 Å². The highest BCUT2D eigenvalue weighted by atomic mass is 32.2. The van der Waals surface area contributed by atoms with Gasteiger partial charge in [-0.05, 0) is 18.4 Å². The van der Waals surface area contributed by atoms with Gasteiger partial charge in [0, 0.05) is 16.8 Å². The lowest BCUT2D eigenvalue weighted by molar-refractivity contribution is 0.285. The molecule has 6 heteroatoms. The van der Waals surface area contributed by atoms with Crippen LogP contribution in [0.15, 0.2) is 16.3 Å². The second-order valence-corrected chi connectivity index (χ2v) is 7.15. The van der Waals surface area contributed by atoms with Gasteiger partial charge in [-0.25, -0.2) is 13.1 Å². The molecule has 0 spiro atoms. The molecule has 1 fully saturated rings. The zero-order chi connectivity index (χ0) is 12.3. The molecular weight excluding hydrogens is 258 g/mol. The van der Waals surface area contributed by atoms with Gasteiger partial charge >= 0.3 is 0 Å². The van der Waals surface area contributed by atoms with Crippen molar-refractivity contribution in [2.24, 2.45) is 5.92 Å². The molecule has 17 heavy (non-hydrogen) atoms. The first-order valence-electron chi connectivity index (χ1n) is 5.80. The molecule has 1 aromatic rings. The number of thiophene rings is 1. The number of hydrogen-bond acceptors (Lipinski definition) is 4. The maximum Gasteiger partial charge on any atom is 0.241 e. The second kappa shape index (κ2) is 5.48. The van der Waals surface area contributed by atoms with E-state index in [1.807, 2.05) is 0 Å². The van der Waals surface area contributed by atoms with Crippen molar-refractivity contribution in [3.05, 3.63) is 16.3 Å². The van der Waals surface area contributed by atoms with Crippen molar-refractivity contribution in [1.29, 1.82) is 0 Å². The smallest absolute Gasteiger partial charge is 0.241 e. The van der Waals surface area contributed by atoms with E-state index in [0.717, 1.165) is 6.42 Å². The molecule has 1 heterocycles. The SMILES string of the molecule is O=S(=O)(NCCC1CCC1)c1csc(CO)c1. The molecule has 0 unspecified atom stereocenters. The van der Waals surface area contributed by atoms with Gasteiger partial charge in [0.15, 0.2) is 0 Å². The quantitative estimate of drug-likeness (QED) is 0.830. The summed E-state index contributed by atoms with van der Waals surface area (Å²) in [6.07, 6.45) is 4.67. The standard InChI is InChI=1S/C11H17NO3S2/c13-7-10-6-11(8-16-10)17(14,15)12-5-4-9-2-1-3-9/h6,8-9,12-13H,1-5,7H2. The maximum atomic E-state index is 11.9. The highest BCUT2D eigenvalue weighted by Gasteiger charge is 2.19. The molecule has 0 radical (unpaired) electrons. The minimum Gasteiger partial charge on any atom is -0.391 e. The number of nitrogens with one attached hydrogen (secondary N) is 1. The minimum atomic E-state index is -3.38. The van der Waals surface area contributed by atoms with Crippen molar-refractivity contribution in [3.63, 3.8) is 0 Å². The fourth-order valence-electron chi connectivity index (χ4n) is 1.85. The van der Waals surface area contributed by atoms with Crippen molar-refractivity contribution in [3.8, 4) is 0 Å². The summed E-state index contributed by atoms with van der Waals surface area (Å²) in [7, 11) is -3.38. The van der Waals surface area contributed by atoms with Crippen LogP contribution in [0, 0.1) is 5.92 Å². The Bertz CT molecular complexity index is 463. The first kappa shape index (κ1) is 13.0. The Hall–Kier alpha value is -0.430. The summed E-state index contributed by atoms with van der Waals surface area (Å²) in [4.78, 5) is 0.935. The number of rotatable bonds is 6. The largest absolute Gasteiger partial charge is 0.391 e. The normalized spacial score (nSPS) is 17.0. The van der Waals surface area contributed by atoms with Gasteiger partial charge in [-0.2, -0.15) is 0 Å². The second-order valence-electron chi connectivity index (χ2n) is 4.39. The zero-order valence-electron chi connectivity index (χ0n) is 9.55. The molecule has 1 aliphatic carbocycles. The fourth-order valence-corrected chi connectivity index (χ4v) is 4.03. The molecule has 1 aromatic heterocycles. The third-order valence-electron chi connectivity index (χ3n) is 3.17. The van der Waals surface area contributed by atoms with E-state index < -0.39 is 10.0 Å². The average Bonchev–Trinajstić information content (AvgIpc) is 2.71. The van der Waals surface area contributed by atoms with E-state index in [-0.39, 0.29) is 11.5 Å². The zero-order valence-corrected chi connectivity index (χ0v) is 11.2. The lowest BCUT2D eigenvalue weighted by atomic mass is 9.83. The van der Waals surface area contributed by atoms with Crippen LogP contribution in [0.1, 0.15) is 30.6 Å². The topological polar surface area (TPSA) is 66.4 Å². The average molecular weight is 275 g/mol. The van der Waals surface area contributed by atoms with Crippen LogP contribution in [0.2, 0.25) is 0 Å². The Morgan fingerprint density at radius 1 is 1.47 bits per heavy atom. The molecule has 0 bridgehead atoms. The monoisotopic (exact) mass is 275 g/mol. The summed E-state index contributed by atoms with van der Waals surface area (Å²) in [6, 6.07) is 1.52. The van der Waals surface area contributed by atoms with Gasteiger partial charge < -0.3 is 5.11 Å². The summed E-state index contributed by atoms with van der Waals surface area (Å²) in [5.74, 6) is 0.702. The number of sulfonamides is 1. The Labute approximate surface area is 106 Å². The van der Waals surface area contributed by atoms with Crippen molar-refractivity contribution >= 4 is 21.4 Å². The van der Waals surface area contributed by atoms with Gasteiger partial charge in [0.1, 0.15) is 0 Å². The molecular formula is C11H17NO3S2. The molecule has 2 rings (SSSR count).